The lowest BCUT2D eigenvalue weighted by Gasteiger charge is -2.17. The standard InChI is InChI=1S/C20H22ClNO3/c1-3-25-18-9-7-16(8-10-18)19(23)11-12-20(24)22(2)14-15-5-4-6-17(21)13-15/h4-10,13H,3,11-12,14H2,1-2H3. The topological polar surface area (TPSA) is 46.6 Å². The second-order valence-corrected chi connectivity index (χ2v) is 6.20. The molecule has 2 rings (SSSR count). The lowest BCUT2D eigenvalue weighted by atomic mass is 10.1. The number of hydrogen-bond acceptors (Lipinski definition) is 3. The molecule has 4 nitrogen and oxygen atoms in total. The van der Waals surface area contributed by atoms with Crippen LogP contribution in [0.5, 0.6) is 5.75 Å². The smallest absolute Gasteiger partial charge is 0.223 e. The number of rotatable bonds is 8. The fraction of sp³-hybridized carbons (Fsp3) is 0.300. The average molecular weight is 360 g/mol. The minimum absolute atomic E-state index is 0.0486. The molecule has 0 aliphatic rings. The summed E-state index contributed by atoms with van der Waals surface area (Å²) in [4.78, 5) is 26.1. The largest absolute Gasteiger partial charge is 0.494 e. The summed E-state index contributed by atoms with van der Waals surface area (Å²) < 4.78 is 5.35. The quantitative estimate of drug-likeness (QED) is 0.658. The molecule has 0 saturated carbocycles. The van der Waals surface area contributed by atoms with Crippen molar-refractivity contribution < 1.29 is 14.3 Å². The second kappa shape index (κ2) is 9.23. The molecule has 0 aliphatic carbocycles. The third-order valence-electron chi connectivity index (χ3n) is 3.79. The second-order valence-electron chi connectivity index (χ2n) is 5.76. The molecule has 0 aromatic heterocycles. The van der Waals surface area contributed by atoms with Crippen molar-refractivity contribution in [2.45, 2.75) is 26.3 Å². The highest BCUT2D eigenvalue weighted by atomic mass is 35.5. The van der Waals surface area contributed by atoms with Gasteiger partial charge in [-0.15, -0.1) is 0 Å². The van der Waals surface area contributed by atoms with Crippen LogP contribution in [0.2, 0.25) is 5.02 Å². The number of benzene rings is 2. The fourth-order valence-electron chi connectivity index (χ4n) is 2.46. The Morgan fingerprint density at radius 1 is 1.08 bits per heavy atom. The van der Waals surface area contributed by atoms with Gasteiger partial charge in [-0.1, -0.05) is 23.7 Å². The Hall–Kier alpha value is -2.33. The van der Waals surface area contributed by atoms with E-state index in [0.29, 0.717) is 23.7 Å². The Morgan fingerprint density at radius 3 is 2.44 bits per heavy atom. The molecule has 0 spiro atoms. The summed E-state index contributed by atoms with van der Waals surface area (Å²) in [6.45, 7) is 2.96. The van der Waals surface area contributed by atoms with Crippen molar-refractivity contribution in [1.29, 1.82) is 0 Å². The monoisotopic (exact) mass is 359 g/mol. The normalized spacial score (nSPS) is 10.4. The zero-order valence-electron chi connectivity index (χ0n) is 14.5. The third kappa shape index (κ3) is 5.91. The van der Waals surface area contributed by atoms with Gasteiger partial charge in [0.05, 0.1) is 6.61 Å². The van der Waals surface area contributed by atoms with Crippen LogP contribution in [0.1, 0.15) is 35.7 Å². The molecular weight excluding hydrogens is 338 g/mol. The van der Waals surface area contributed by atoms with Gasteiger partial charge in [0, 0.05) is 37.0 Å². The molecule has 132 valence electrons. The molecule has 0 radical (unpaired) electrons. The third-order valence-corrected chi connectivity index (χ3v) is 4.02. The van der Waals surface area contributed by atoms with Crippen molar-refractivity contribution in [2.75, 3.05) is 13.7 Å². The van der Waals surface area contributed by atoms with E-state index in [4.69, 9.17) is 16.3 Å². The maximum absolute atomic E-state index is 12.2. The minimum Gasteiger partial charge on any atom is -0.494 e. The first-order valence-electron chi connectivity index (χ1n) is 8.24. The van der Waals surface area contributed by atoms with E-state index in [1.54, 1.807) is 42.3 Å². The first-order chi connectivity index (χ1) is 12.0. The van der Waals surface area contributed by atoms with E-state index in [2.05, 4.69) is 0 Å². The molecule has 0 atom stereocenters. The van der Waals surface area contributed by atoms with E-state index in [-0.39, 0.29) is 24.5 Å². The van der Waals surface area contributed by atoms with Crippen LogP contribution in [0.4, 0.5) is 0 Å². The van der Waals surface area contributed by atoms with Crippen molar-refractivity contribution in [2.24, 2.45) is 0 Å². The van der Waals surface area contributed by atoms with Gasteiger partial charge < -0.3 is 9.64 Å². The number of Topliss-reactive ketones (excluding diaryl/α,β-unsaturated/α-hetero) is 1. The molecule has 0 aliphatic heterocycles. The molecule has 2 aromatic carbocycles. The fourth-order valence-corrected chi connectivity index (χ4v) is 2.67. The Bertz CT molecular complexity index is 728. The highest BCUT2D eigenvalue weighted by molar-refractivity contribution is 6.30. The molecule has 25 heavy (non-hydrogen) atoms. The SMILES string of the molecule is CCOc1ccc(C(=O)CCC(=O)N(C)Cc2cccc(Cl)c2)cc1. The van der Waals surface area contributed by atoms with Crippen molar-refractivity contribution in [3.05, 3.63) is 64.7 Å². The summed E-state index contributed by atoms with van der Waals surface area (Å²) in [6, 6.07) is 14.4. The molecule has 0 saturated heterocycles. The van der Waals surface area contributed by atoms with Crippen LogP contribution in [-0.4, -0.2) is 30.2 Å². The molecule has 2 aromatic rings. The van der Waals surface area contributed by atoms with E-state index in [0.717, 1.165) is 11.3 Å². The van der Waals surface area contributed by atoms with Gasteiger partial charge in [-0.25, -0.2) is 0 Å². The van der Waals surface area contributed by atoms with Crippen LogP contribution in [-0.2, 0) is 11.3 Å². The average Bonchev–Trinajstić information content (AvgIpc) is 2.60. The molecule has 0 unspecified atom stereocenters. The Morgan fingerprint density at radius 2 is 1.80 bits per heavy atom. The number of amides is 1. The van der Waals surface area contributed by atoms with E-state index < -0.39 is 0 Å². The van der Waals surface area contributed by atoms with Gasteiger partial charge in [0.25, 0.3) is 0 Å². The lowest BCUT2D eigenvalue weighted by molar-refractivity contribution is -0.130. The van der Waals surface area contributed by atoms with E-state index in [1.165, 1.54) is 0 Å². The highest BCUT2D eigenvalue weighted by Gasteiger charge is 2.13. The lowest BCUT2D eigenvalue weighted by Crippen LogP contribution is -2.26. The first-order valence-corrected chi connectivity index (χ1v) is 8.62. The molecule has 0 heterocycles. The zero-order chi connectivity index (χ0) is 18.2. The predicted octanol–water partition coefficient (Wildman–Crippen LogP) is 4.36. The molecule has 0 N–H and O–H groups in total. The number of ether oxygens (including phenoxy) is 1. The van der Waals surface area contributed by atoms with Gasteiger partial charge in [-0.2, -0.15) is 0 Å². The first kappa shape index (κ1) is 19.0. The van der Waals surface area contributed by atoms with Crippen molar-refractivity contribution >= 4 is 23.3 Å². The highest BCUT2D eigenvalue weighted by Crippen LogP contribution is 2.15. The molecule has 0 bridgehead atoms. The van der Waals surface area contributed by atoms with Crippen LogP contribution < -0.4 is 4.74 Å². The van der Waals surface area contributed by atoms with Crippen LogP contribution in [0.15, 0.2) is 48.5 Å². The number of carbonyl (C=O) groups excluding carboxylic acids is 2. The summed E-state index contributed by atoms with van der Waals surface area (Å²) >= 11 is 5.95. The van der Waals surface area contributed by atoms with Gasteiger partial charge in [0.15, 0.2) is 5.78 Å². The maximum atomic E-state index is 12.2. The van der Waals surface area contributed by atoms with E-state index in [1.807, 2.05) is 25.1 Å². The Balaban J connectivity index is 1.84. The van der Waals surface area contributed by atoms with Gasteiger partial charge >= 0.3 is 0 Å². The summed E-state index contributed by atoms with van der Waals surface area (Å²) in [5, 5.41) is 0.643. The Kier molecular flexibility index (Phi) is 7.02. The number of carbonyl (C=O) groups is 2. The molecule has 1 amide bonds. The van der Waals surface area contributed by atoms with Gasteiger partial charge in [-0.3, -0.25) is 9.59 Å². The molecule has 0 fully saturated rings. The minimum atomic E-state index is -0.0701. The van der Waals surface area contributed by atoms with Crippen LogP contribution >= 0.6 is 11.6 Å². The zero-order valence-corrected chi connectivity index (χ0v) is 15.3. The maximum Gasteiger partial charge on any atom is 0.223 e. The molecular formula is C20H22ClNO3. The van der Waals surface area contributed by atoms with Gasteiger partial charge in [0.2, 0.25) is 5.91 Å². The summed E-state index contributed by atoms with van der Waals surface area (Å²) in [5.74, 6) is 0.614. The van der Waals surface area contributed by atoms with E-state index >= 15 is 0 Å². The number of hydrogen-bond donors (Lipinski definition) is 0. The summed E-state index contributed by atoms with van der Waals surface area (Å²) in [6.07, 6.45) is 0.371. The van der Waals surface area contributed by atoms with Crippen molar-refractivity contribution in [3.8, 4) is 5.75 Å². The van der Waals surface area contributed by atoms with Crippen LogP contribution in [0, 0.1) is 0 Å². The summed E-state index contributed by atoms with van der Waals surface area (Å²) in [7, 11) is 1.73. The summed E-state index contributed by atoms with van der Waals surface area (Å²) in [5.41, 5.74) is 1.55. The Labute approximate surface area is 153 Å². The van der Waals surface area contributed by atoms with E-state index in [9.17, 15) is 9.59 Å². The number of ketones is 1. The van der Waals surface area contributed by atoms with Crippen LogP contribution in [0.3, 0.4) is 0 Å². The molecule has 5 heteroatoms. The van der Waals surface area contributed by atoms with Crippen molar-refractivity contribution in [3.63, 3.8) is 0 Å². The van der Waals surface area contributed by atoms with Crippen LogP contribution in [0.25, 0.3) is 0 Å². The predicted molar refractivity (Wildman–Crippen MR) is 99.1 cm³/mol. The van der Waals surface area contributed by atoms with Crippen molar-refractivity contribution in [1.82, 2.24) is 4.90 Å². The van der Waals surface area contributed by atoms with Gasteiger partial charge in [-0.05, 0) is 48.9 Å². The van der Waals surface area contributed by atoms with Gasteiger partial charge in [0.1, 0.15) is 5.75 Å². The number of nitrogens with zero attached hydrogens (tertiary/aromatic N) is 1. The number of halogens is 1.